The number of hydrogen-bond acceptors (Lipinski definition) is 6. The Hall–Kier alpha value is -2.93. The van der Waals surface area contributed by atoms with Gasteiger partial charge in [0, 0.05) is 44.3 Å². The lowest BCUT2D eigenvalue weighted by Crippen LogP contribution is -2.08. The summed E-state index contributed by atoms with van der Waals surface area (Å²) in [5.74, 6) is 0. The zero-order chi connectivity index (χ0) is 17.9. The van der Waals surface area contributed by atoms with Crippen LogP contribution in [0.2, 0.25) is 0 Å². The second-order valence-corrected chi connectivity index (χ2v) is 7.19. The highest BCUT2D eigenvalue weighted by atomic mass is 32.1. The Morgan fingerprint density at radius 2 is 2.00 bits per heavy atom. The van der Waals surface area contributed by atoms with Crippen molar-refractivity contribution in [3.05, 3.63) is 60.6 Å². The molecule has 0 atom stereocenters. The van der Waals surface area contributed by atoms with Crippen molar-refractivity contribution in [3.63, 3.8) is 0 Å². The van der Waals surface area contributed by atoms with Gasteiger partial charge in [0.25, 0.3) is 0 Å². The highest BCUT2D eigenvalue weighted by molar-refractivity contribution is 7.20. The summed E-state index contributed by atoms with van der Waals surface area (Å²) in [4.78, 5) is 11.7. The van der Waals surface area contributed by atoms with Crippen LogP contribution in [0.5, 0.6) is 0 Å². The van der Waals surface area contributed by atoms with E-state index < -0.39 is 0 Å². The minimum absolute atomic E-state index is 0.832. The van der Waals surface area contributed by atoms with Gasteiger partial charge in [-0.05, 0) is 36.2 Å². The molecule has 0 saturated heterocycles. The van der Waals surface area contributed by atoms with E-state index in [9.17, 15) is 0 Å². The Morgan fingerprint density at radius 3 is 2.77 bits per heavy atom. The van der Waals surface area contributed by atoms with Gasteiger partial charge in [-0.1, -0.05) is 23.5 Å². The number of anilines is 2. The highest BCUT2D eigenvalue weighted by Gasteiger charge is 2.10. The maximum Gasteiger partial charge on any atom is 0.214 e. The lowest BCUT2D eigenvalue weighted by Gasteiger charge is -2.12. The third-order valence-corrected chi connectivity index (χ3v) is 5.02. The number of rotatable bonds is 6. The molecule has 6 nitrogen and oxygen atoms in total. The fourth-order valence-electron chi connectivity index (χ4n) is 2.72. The molecule has 4 rings (SSSR count). The molecule has 3 aromatic heterocycles. The standard InChI is InChI=1S/C19H20N6S/c1-24(2)16-5-3-4-15(12-16)17-13-25-19(22-17)26-18(23-25)21-11-8-14-6-9-20-10-7-14/h3-7,9-10,12-13H,8,11H2,1-2H3,(H,21,23). The lowest BCUT2D eigenvalue weighted by molar-refractivity contribution is 0.947. The maximum atomic E-state index is 4.72. The van der Waals surface area contributed by atoms with E-state index in [1.54, 1.807) is 11.3 Å². The van der Waals surface area contributed by atoms with Crippen molar-refractivity contribution in [3.8, 4) is 11.3 Å². The van der Waals surface area contributed by atoms with Crippen molar-refractivity contribution < 1.29 is 0 Å². The van der Waals surface area contributed by atoms with Crippen molar-refractivity contribution in [1.29, 1.82) is 0 Å². The number of fused-ring (bicyclic) bond motifs is 1. The van der Waals surface area contributed by atoms with Crippen LogP contribution in [0.25, 0.3) is 16.2 Å². The Morgan fingerprint density at radius 1 is 1.15 bits per heavy atom. The van der Waals surface area contributed by atoms with Gasteiger partial charge in [-0.3, -0.25) is 4.98 Å². The molecule has 0 saturated carbocycles. The van der Waals surface area contributed by atoms with E-state index in [2.05, 4.69) is 44.6 Å². The second-order valence-electron chi connectivity index (χ2n) is 6.24. The molecular weight excluding hydrogens is 344 g/mol. The average Bonchev–Trinajstić information content (AvgIpc) is 3.21. The summed E-state index contributed by atoms with van der Waals surface area (Å²) in [6, 6.07) is 12.4. The average molecular weight is 364 g/mol. The van der Waals surface area contributed by atoms with E-state index in [0.717, 1.165) is 40.0 Å². The van der Waals surface area contributed by atoms with Crippen LogP contribution >= 0.6 is 11.3 Å². The zero-order valence-electron chi connectivity index (χ0n) is 14.8. The smallest absolute Gasteiger partial charge is 0.214 e. The zero-order valence-corrected chi connectivity index (χ0v) is 15.6. The minimum atomic E-state index is 0.832. The first-order valence-electron chi connectivity index (χ1n) is 8.46. The number of aromatic nitrogens is 4. The molecule has 132 valence electrons. The van der Waals surface area contributed by atoms with E-state index in [1.165, 1.54) is 5.56 Å². The van der Waals surface area contributed by atoms with Gasteiger partial charge in [-0.2, -0.15) is 0 Å². The predicted molar refractivity (Wildman–Crippen MR) is 107 cm³/mol. The normalized spacial score (nSPS) is 11.0. The number of hydrogen-bond donors (Lipinski definition) is 1. The van der Waals surface area contributed by atoms with Crippen LogP contribution in [0.1, 0.15) is 5.56 Å². The summed E-state index contributed by atoms with van der Waals surface area (Å²) in [5.41, 5.74) is 4.46. The van der Waals surface area contributed by atoms with Crippen LogP contribution in [0.3, 0.4) is 0 Å². The van der Waals surface area contributed by atoms with Gasteiger partial charge in [0.1, 0.15) is 0 Å². The highest BCUT2D eigenvalue weighted by Crippen LogP contribution is 2.26. The van der Waals surface area contributed by atoms with Crippen molar-refractivity contribution in [2.75, 3.05) is 30.9 Å². The summed E-state index contributed by atoms with van der Waals surface area (Å²) in [6.45, 7) is 0.832. The molecule has 0 amide bonds. The first kappa shape index (κ1) is 16.5. The molecular formula is C19H20N6S. The quantitative estimate of drug-likeness (QED) is 0.567. The number of pyridine rings is 1. The number of nitrogens with zero attached hydrogens (tertiary/aromatic N) is 5. The fourth-order valence-corrected chi connectivity index (χ4v) is 3.52. The minimum Gasteiger partial charge on any atom is -0.378 e. The van der Waals surface area contributed by atoms with Crippen LogP contribution in [-0.2, 0) is 6.42 Å². The lowest BCUT2D eigenvalue weighted by atomic mass is 10.1. The molecule has 0 fully saturated rings. The number of nitrogens with one attached hydrogen (secondary N) is 1. The van der Waals surface area contributed by atoms with Crippen molar-refractivity contribution >= 4 is 27.1 Å². The Labute approximate surface area is 156 Å². The monoisotopic (exact) mass is 364 g/mol. The molecule has 0 spiro atoms. The topological polar surface area (TPSA) is 58.4 Å². The molecule has 0 aliphatic carbocycles. The van der Waals surface area contributed by atoms with Gasteiger partial charge in [-0.15, -0.1) is 5.10 Å². The Balaban J connectivity index is 1.46. The van der Waals surface area contributed by atoms with Crippen molar-refractivity contribution in [2.24, 2.45) is 0 Å². The fraction of sp³-hybridized carbons (Fsp3) is 0.211. The van der Waals surface area contributed by atoms with Gasteiger partial charge >= 0.3 is 0 Å². The summed E-state index contributed by atoms with van der Waals surface area (Å²) >= 11 is 1.57. The first-order valence-corrected chi connectivity index (χ1v) is 9.27. The van der Waals surface area contributed by atoms with Gasteiger partial charge in [0.2, 0.25) is 10.1 Å². The van der Waals surface area contributed by atoms with Gasteiger partial charge in [-0.25, -0.2) is 9.50 Å². The third-order valence-electron chi connectivity index (χ3n) is 4.14. The summed E-state index contributed by atoms with van der Waals surface area (Å²) in [7, 11) is 4.08. The van der Waals surface area contributed by atoms with Crippen LogP contribution in [0.15, 0.2) is 55.0 Å². The summed E-state index contributed by atoms with van der Waals surface area (Å²) in [5, 5.41) is 8.84. The third kappa shape index (κ3) is 3.52. The van der Waals surface area contributed by atoms with E-state index in [1.807, 2.05) is 49.3 Å². The molecule has 1 aromatic carbocycles. The largest absolute Gasteiger partial charge is 0.378 e. The van der Waals surface area contributed by atoms with E-state index in [-0.39, 0.29) is 0 Å². The Bertz CT molecular complexity index is 974. The van der Waals surface area contributed by atoms with Gasteiger partial charge in [0.05, 0.1) is 11.9 Å². The maximum absolute atomic E-state index is 4.72. The molecule has 26 heavy (non-hydrogen) atoms. The molecule has 0 bridgehead atoms. The van der Waals surface area contributed by atoms with Crippen LogP contribution in [0, 0.1) is 0 Å². The van der Waals surface area contributed by atoms with E-state index in [0.29, 0.717) is 0 Å². The van der Waals surface area contributed by atoms with Crippen LogP contribution in [-0.4, -0.2) is 40.2 Å². The summed E-state index contributed by atoms with van der Waals surface area (Å²) in [6.07, 6.45) is 6.56. The SMILES string of the molecule is CN(C)c1cccc(-c2cn3nc(NCCc4ccncc4)sc3n2)c1. The van der Waals surface area contributed by atoms with Gasteiger partial charge < -0.3 is 10.2 Å². The van der Waals surface area contributed by atoms with E-state index >= 15 is 0 Å². The summed E-state index contributed by atoms with van der Waals surface area (Å²) < 4.78 is 1.84. The van der Waals surface area contributed by atoms with Crippen molar-refractivity contribution in [2.45, 2.75) is 6.42 Å². The number of imidazole rings is 1. The first-order chi connectivity index (χ1) is 12.7. The van der Waals surface area contributed by atoms with E-state index in [4.69, 9.17) is 4.98 Å². The molecule has 1 N–H and O–H groups in total. The molecule has 0 aliphatic rings. The number of benzene rings is 1. The second kappa shape index (κ2) is 7.13. The molecule has 0 unspecified atom stereocenters. The molecule has 0 radical (unpaired) electrons. The van der Waals surface area contributed by atoms with Crippen molar-refractivity contribution in [1.82, 2.24) is 19.6 Å². The molecule has 7 heteroatoms. The van der Waals surface area contributed by atoms with Gasteiger partial charge in [0.15, 0.2) is 0 Å². The molecule has 3 heterocycles. The van der Waals surface area contributed by atoms with Crippen LogP contribution < -0.4 is 10.2 Å². The Kier molecular flexibility index (Phi) is 4.53. The molecule has 4 aromatic rings. The molecule has 0 aliphatic heterocycles. The predicted octanol–water partition coefficient (Wildman–Crippen LogP) is 3.57. The van der Waals surface area contributed by atoms with Crippen LogP contribution in [0.4, 0.5) is 10.8 Å².